The molecular formula is C22H28N5O4+. The SMILES string of the molecule is COCCC[n+]1c(N)c(C(=O)NC[C@H]2CCCO2)cc2c(=O)n3cc(C)ccc3nc21. The highest BCUT2D eigenvalue weighted by atomic mass is 16.5. The molecule has 164 valence electrons. The molecule has 1 saturated heterocycles. The lowest BCUT2D eigenvalue weighted by atomic mass is 10.1. The van der Waals surface area contributed by atoms with Gasteiger partial charge in [-0.2, -0.15) is 0 Å². The molecule has 0 aliphatic carbocycles. The number of fused-ring (bicyclic) bond motifs is 2. The van der Waals surface area contributed by atoms with Crippen LogP contribution in [0.4, 0.5) is 5.82 Å². The van der Waals surface area contributed by atoms with Crippen LogP contribution < -0.4 is 21.2 Å². The summed E-state index contributed by atoms with van der Waals surface area (Å²) < 4.78 is 14.0. The van der Waals surface area contributed by atoms with Gasteiger partial charge in [0, 0.05) is 39.5 Å². The second kappa shape index (κ2) is 8.99. The number of hydrogen-bond acceptors (Lipinski definition) is 6. The van der Waals surface area contributed by atoms with E-state index in [1.165, 1.54) is 4.40 Å². The van der Waals surface area contributed by atoms with Gasteiger partial charge in [-0.3, -0.25) is 14.0 Å². The summed E-state index contributed by atoms with van der Waals surface area (Å²) in [6.45, 7) is 4.03. The minimum absolute atomic E-state index is 0.0127. The molecule has 9 nitrogen and oxygen atoms in total. The van der Waals surface area contributed by atoms with Gasteiger partial charge in [0.2, 0.25) is 11.5 Å². The molecule has 3 aromatic rings. The molecule has 0 bridgehead atoms. The van der Waals surface area contributed by atoms with Crippen molar-refractivity contribution in [1.29, 1.82) is 0 Å². The van der Waals surface area contributed by atoms with Crippen molar-refractivity contribution in [2.24, 2.45) is 0 Å². The molecule has 1 aliphatic rings. The number of amides is 1. The number of nitrogen functional groups attached to an aromatic ring is 1. The monoisotopic (exact) mass is 426 g/mol. The first-order valence-corrected chi connectivity index (χ1v) is 10.5. The number of ether oxygens (including phenoxy) is 2. The maximum absolute atomic E-state index is 13.3. The van der Waals surface area contributed by atoms with Gasteiger partial charge in [-0.05, 0) is 37.5 Å². The molecule has 0 spiro atoms. The fourth-order valence-corrected chi connectivity index (χ4v) is 3.94. The molecule has 0 aromatic carbocycles. The summed E-state index contributed by atoms with van der Waals surface area (Å²) >= 11 is 0. The molecule has 1 fully saturated rings. The molecule has 3 aromatic heterocycles. The summed E-state index contributed by atoms with van der Waals surface area (Å²) in [6, 6.07) is 5.25. The maximum atomic E-state index is 13.3. The highest BCUT2D eigenvalue weighted by Gasteiger charge is 2.25. The van der Waals surface area contributed by atoms with E-state index in [1.54, 1.807) is 30.0 Å². The number of rotatable bonds is 7. The summed E-state index contributed by atoms with van der Waals surface area (Å²) in [6.07, 6.45) is 4.33. The second-order valence-electron chi connectivity index (χ2n) is 7.88. The van der Waals surface area contributed by atoms with Crippen LogP contribution in [0.15, 0.2) is 29.2 Å². The van der Waals surface area contributed by atoms with Crippen LogP contribution in [0.5, 0.6) is 0 Å². The number of aromatic nitrogens is 3. The van der Waals surface area contributed by atoms with Gasteiger partial charge in [-0.15, -0.1) is 0 Å². The van der Waals surface area contributed by atoms with Crippen LogP contribution in [0.2, 0.25) is 0 Å². The Labute approximate surface area is 179 Å². The Kier molecular flexibility index (Phi) is 6.15. The minimum atomic E-state index is -0.330. The normalized spacial score (nSPS) is 16.3. The number of anilines is 1. The summed E-state index contributed by atoms with van der Waals surface area (Å²) in [5.41, 5.74) is 8.36. The Morgan fingerprint density at radius 1 is 1.45 bits per heavy atom. The smallest absolute Gasteiger partial charge is 0.278 e. The molecule has 1 amide bonds. The van der Waals surface area contributed by atoms with Crippen molar-refractivity contribution in [3.05, 3.63) is 45.9 Å². The fourth-order valence-electron chi connectivity index (χ4n) is 3.94. The van der Waals surface area contributed by atoms with Crippen molar-refractivity contribution >= 4 is 28.4 Å². The lowest BCUT2D eigenvalue weighted by Crippen LogP contribution is -2.43. The lowest BCUT2D eigenvalue weighted by molar-refractivity contribution is -0.659. The van der Waals surface area contributed by atoms with Gasteiger partial charge in [0.1, 0.15) is 10.9 Å². The summed E-state index contributed by atoms with van der Waals surface area (Å²) in [4.78, 5) is 30.9. The first-order chi connectivity index (χ1) is 15.0. The molecule has 9 heteroatoms. The number of hydrogen-bond donors (Lipinski definition) is 2. The van der Waals surface area contributed by atoms with E-state index in [0.717, 1.165) is 18.4 Å². The Morgan fingerprint density at radius 3 is 3.03 bits per heavy atom. The number of carbonyl (C=O) groups excluding carboxylic acids is 1. The Bertz CT molecular complexity index is 1180. The zero-order valence-corrected chi connectivity index (χ0v) is 17.9. The first-order valence-electron chi connectivity index (χ1n) is 10.5. The van der Waals surface area contributed by atoms with E-state index in [2.05, 4.69) is 10.3 Å². The second-order valence-corrected chi connectivity index (χ2v) is 7.88. The number of nitrogens with zero attached hydrogens (tertiary/aromatic N) is 3. The standard InChI is InChI=1S/C22H27N5O4/c1-14-6-7-18-25-20-17(22(29)27(18)13-14)11-16(19(23)26(20)8-4-9-30-2)21(28)24-12-15-5-3-10-31-15/h6-7,11,13,15,23H,3-5,8-10,12H2,1-2H3,(H,24,28)/p+1/t15-/m1/s1. The van der Waals surface area contributed by atoms with Crippen molar-refractivity contribution < 1.29 is 18.8 Å². The van der Waals surface area contributed by atoms with Crippen LogP contribution in [-0.4, -0.2) is 48.3 Å². The highest BCUT2D eigenvalue weighted by Crippen LogP contribution is 2.16. The summed E-state index contributed by atoms with van der Waals surface area (Å²) in [7, 11) is 1.63. The van der Waals surface area contributed by atoms with E-state index >= 15 is 0 Å². The zero-order chi connectivity index (χ0) is 22.0. The van der Waals surface area contributed by atoms with Crippen molar-refractivity contribution in [3.8, 4) is 0 Å². The van der Waals surface area contributed by atoms with E-state index in [-0.39, 0.29) is 29.0 Å². The Hall–Kier alpha value is -3.04. The molecule has 3 N–H and O–H groups in total. The van der Waals surface area contributed by atoms with Crippen LogP contribution in [-0.2, 0) is 16.0 Å². The van der Waals surface area contributed by atoms with Crippen LogP contribution in [0.25, 0.3) is 16.7 Å². The van der Waals surface area contributed by atoms with Gasteiger partial charge in [-0.1, -0.05) is 11.1 Å². The molecule has 1 atom stereocenters. The molecule has 0 unspecified atom stereocenters. The predicted octanol–water partition coefficient (Wildman–Crippen LogP) is 0.971. The zero-order valence-electron chi connectivity index (χ0n) is 17.9. The van der Waals surface area contributed by atoms with Crippen LogP contribution in [0.1, 0.15) is 35.2 Å². The molecular weight excluding hydrogens is 398 g/mol. The largest absolute Gasteiger partial charge is 0.385 e. The van der Waals surface area contributed by atoms with E-state index in [1.807, 2.05) is 13.0 Å². The fraction of sp³-hybridized carbons (Fsp3) is 0.455. The number of carbonyl (C=O) groups is 1. The van der Waals surface area contributed by atoms with Gasteiger partial charge in [-0.25, -0.2) is 4.57 Å². The van der Waals surface area contributed by atoms with E-state index in [9.17, 15) is 9.59 Å². The average Bonchev–Trinajstić information content (AvgIpc) is 3.28. The van der Waals surface area contributed by atoms with Gasteiger partial charge >= 0.3 is 0 Å². The van der Waals surface area contributed by atoms with Gasteiger partial charge in [0.15, 0.2) is 0 Å². The number of pyridine rings is 2. The number of nitrogens with two attached hydrogens (primary N) is 1. The summed E-state index contributed by atoms with van der Waals surface area (Å²) in [5.74, 6) is -0.0547. The van der Waals surface area contributed by atoms with E-state index in [0.29, 0.717) is 49.4 Å². The minimum Gasteiger partial charge on any atom is -0.385 e. The van der Waals surface area contributed by atoms with Crippen LogP contribution in [0, 0.1) is 6.92 Å². The lowest BCUT2D eigenvalue weighted by Gasteiger charge is -2.14. The van der Waals surface area contributed by atoms with Gasteiger partial charge < -0.3 is 20.5 Å². The molecule has 1 aliphatic heterocycles. The van der Waals surface area contributed by atoms with Crippen molar-refractivity contribution in [3.63, 3.8) is 0 Å². The Balaban J connectivity index is 1.82. The number of nitrogens with one attached hydrogen (secondary N) is 1. The molecule has 0 saturated carbocycles. The number of methoxy groups -OCH3 is 1. The molecule has 31 heavy (non-hydrogen) atoms. The van der Waals surface area contributed by atoms with Crippen LogP contribution in [0.3, 0.4) is 0 Å². The topological polar surface area (TPSA) is 112 Å². The molecule has 4 heterocycles. The number of aryl methyl sites for hydroxylation is 2. The van der Waals surface area contributed by atoms with Gasteiger partial charge in [0.05, 0.1) is 12.6 Å². The maximum Gasteiger partial charge on any atom is 0.278 e. The Morgan fingerprint density at radius 2 is 2.29 bits per heavy atom. The third-order valence-electron chi connectivity index (χ3n) is 5.59. The third kappa shape index (κ3) is 4.24. The van der Waals surface area contributed by atoms with E-state index < -0.39 is 0 Å². The van der Waals surface area contributed by atoms with Crippen LogP contribution >= 0.6 is 0 Å². The highest BCUT2D eigenvalue weighted by molar-refractivity contribution is 6.00. The molecule has 0 radical (unpaired) electrons. The molecule has 4 rings (SSSR count). The van der Waals surface area contributed by atoms with Crippen molar-refractivity contribution in [2.45, 2.75) is 38.8 Å². The summed E-state index contributed by atoms with van der Waals surface area (Å²) in [5, 5.41) is 3.24. The quantitative estimate of drug-likeness (QED) is 0.331. The predicted molar refractivity (Wildman–Crippen MR) is 116 cm³/mol. The third-order valence-corrected chi connectivity index (χ3v) is 5.59. The van der Waals surface area contributed by atoms with Crippen molar-refractivity contribution in [1.82, 2.24) is 14.7 Å². The van der Waals surface area contributed by atoms with Gasteiger partial charge in [0.25, 0.3) is 17.1 Å². The van der Waals surface area contributed by atoms with Crippen molar-refractivity contribution in [2.75, 3.05) is 32.6 Å². The first kappa shape index (κ1) is 21.2. The van der Waals surface area contributed by atoms with E-state index in [4.69, 9.17) is 15.2 Å². The average molecular weight is 426 g/mol.